The molecule has 0 heterocycles. The average Bonchev–Trinajstić information content (AvgIpc) is 2.15. The summed E-state index contributed by atoms with van der Waals surface area (Å²) in [6.45, 7) is 1.46. The average molecular weight is 197 g/mol. The molecule has 0 bridgehead atoms. The van der Waals surface area contributed by atoms with E-state index in [1.807, 2.05) is 0 Å². The molecule has 0 radical (unpaired) electrons. The molecule has 1 aromatic rings. The molecule has 0 spiro atoms. The van der Waals surface area contributed by atoms with Gasteiger partial charge in [-0.05, 0) is 18.6 Å². The van der Waals surface area contributed by atoms with Crippen LogP contribution < -0.4 is 0 Å². The summed E-state index contributed by atoms with van der Waals surface area (Å²) in [4.78, 5) is 15.4. The van der Waals surface area contributed by atoms with Crippen molar-refractivity contribution >= 4 is 5.78 Å². The first-order valence-corrected chi connectivity index (χ1v) is 4.00. The first-order valence-electron chi connectivity index (χ1n) is 4.00. The Labute approximate surface area is 81.0 Å². The largest absolute Gasteiger partial charge is 0.295 e. The van der Waals surface area contributed by atoms with Crippen molar-refractivity contribution in [3.63, 3.8) is 0 Å². The SMILES string of the molecule is CC(=O)c1cccc(CON(O)O)c1. The number of carbonyl (C=O) groups is 1. The highest BCUT2D eigenvalue weighted by molar-refractivity contribution is 5.94. The van der Waals surface area contributed by atoms with E-state index in [9.17, 15) is 4.79 Å². The maximum atomic E-state index is 11.0. The Balaban J connectivity index is 2.69. The molecular formula is C9H11NO4. The predicted octanol–water partition coefficient (Wildman–Crippen LogP) is 1.40. The van der Waals surface area contributed by atoms with Crippen molar-refractivity contribution in [3.8, 4) is 0 Å². The van der Waals surface area contributed by atoms with Gasteiger partial charge in [-0.1, -0.05) is 18.2 Å². The second-order valence-electron chi connectivity index (χ2n) is 2.78. The smallest absolute Gasteiger partial charge is 0.159 e. The Kier molecular flexibility index (Phi) is 3.73. The van der Waals surface area contributed by atoms with Gasteiger partial charge in [-0.2, -0.15) is 0 Å². The molecule has 5 heteroatoms. The van der Waals surface area contributed by atoms with Gasteiger partial charge in [-0.3, -0.25) is 15.2 Å². The Morgan fingerprint density at radius 3 is 2.79 bits per heavy atom. The van der Waals surface area contributed by atoms with Crippen LogP contribution in [-0.4, -0.2) is 21.6 Å². The van der Waals surface area contributed by atoms with Crippen LogP contribution in [-0.2, 0) is 11.4 Å². The topological polar surface area (TPSA) is 70.0 Å². The van der Waals surface area contributed by atoms with Crippen molar-refractivity contribution in [1.29, 1.82) is 0 Å². The summed E-state index contributed by atoms with van der Waals surface area (Å²) in [5, 5.41) is 16.2. The van der Waals surface area contributed by atoms with Gasteiger partial charge in [0.25, 0.3) is 0 Å². The van der Waals surface area contributed by atoms with E-state index in [4.69, 9.17) is 10.4 Å². The minimum atomic E-state index is -0.361. The lowest BCUT2D eigenvalue weighted by molar-refractivity contribution is -0.497. The normalized spacial score (nSPS) is 10.6. The number of carbonyl (C=O) groups excluding carboxylic acids is 1. The number of rotatable bonds is 4. The zero-order valence-electron chi connectivity index (χ0n) is 7.67. The minimum Gasteiger partial charge on any atom is -0.295 e. The number of hydrogen-bond donors (Lipinski definition) is 2. The zero-order chi connectivity index (χ0) is 10.6. The number of hydrogen-bond acceptors (Lipinski definition) is 5. The summed E-state index contributed by atoms with van der Waals surface area (Å²) in [5.74, 6) is -0.0447. The third kappa shape index (κ3) is 3.23. The lowest BCUT2D eigenvalue weighted by Crippen LogP contribution is -2.13. The fraction of sp³-hybridized carbons (Fsp3) is 0.222. The van der Waals surface area contributed by atoms with E-state index in [-0.39, 0.29) is 17.8 Å². The summed E-state index contributed by atoms with van der Waals surface area (Å²) >= 11 is 0. The summed E-state index contributed by atoms with van der Waals surface area (Å²) in [6, 6.07) is 6.73. The van der Waals surface area contributed by atoms with Gasteiger partial charge in [0.1, 0.15) is 0 Å². The fourth-order valence-corrected chi connectivity index (χ4v) is 1.01. The second-order valence-corrected chi connectivity index (χ2v) is 2.78. The molecule has 0 aliphatic rings. The van der Waals surface area contributed by atoms with Crippen molar-refractivity contribution in [1.82, 2.24) is 5.39 Å². The molecule has 0 unspecified atom stereocenters. The molecule has 0 amide bonds. The van der Waals surface area contributed by atoms with Crippen LogP contribution >= 0.6 is 0 Å². The third-order valence-electron chi connectivity index (χ3n) is 1.68. The van der Waals surface area contributed by atoms with Crippen LogP contribution in [0, 0.1) is 0 Å². The molecule has 0 aliphatic carbocycles. The molecule has 14 heavy (non-hydrogen) atoms. The molecule has 0 aromatic heterocycles. The van der Waals surface area contributed by atoms with Gasteiger partial charge in [0.05, 0.1) is 12.0 Å². The van der Waals surface area contributed by atoms with E-state index in [1.165, 1.54) is 6.92 Å². The fourth-order valence-electron chi connectivity index (χ4n) is 1.01. The molecular weight excluding hydrogens is 186 g/mol. The number of nitrogens with zero attached hydrogens (tertiary/aromatic N) is 1. The van der Waals surface area contributed by atoms with Crippen molar-refractivity contribution < 1.29 is 20.0 Å². The molecule has 0 saturated carbocycles. The first-order chi connectivity index (χ1) is 6.59. The van der Waals surface area contributed by atoms with E-state index < -0.39 is 0 Å². The molecule has 0 saturated heterocycles. The van der Waals surface area contributed by atoms with Crippen LogP contribution in [0.4, 0.5) is 0 Å². The van der Waals surface area contributed by atoms with E-state index >= 15 is 0 Å². The molecule has 0 aliphatic heterocycles. The highest BCUT2D eigenvalue weighted by atomic mass is 17.1. The van der Waals surface area contributed by atoms with Gasteiger partial charge in [0.2, 0.25) is 0 Å². The summed E-state index contributed by atoms with van der Waals surface area (Å²) in [5.41, 5.74) is 1.25. The van der Waals surface area contributed by atoms with Crippen molar-refractivity contribution in [3.05, 3.63) is 35.4 Å². The van der Waals surface area contributed by atoms with Crippen LogP contribution in [0.15, 0.2) is 24.3 Å². The van der Waals surface area contributed by atoms with Crippen LogP contribution in [0.25, 0.3) is 0 Å². The van der Waals surface area contributed by atoms with Crippen molar-refractivity contribution in [2.45, 2.75) is 13.5 Å². The zero-order valence-corrected chi connectivity index (χ0v) is 7.67. The Morgan fingerprint density at radius 2 is 2.21 bits per heavy atom. The van der Waals surface area contributed by atoms with Gasteiger partial charge in [0, 0.05) is 5.56 Å². The van der Waals surface area contributed by atoms with Gasteiger partial charge in [-0.15, -0.1) is 0 Å². The van der Waals surface area contributed by atoms with Crippen molar-refractivity contribution in [2.24, 2.45) is 0 Å². The van der Waals surface area contributed by atoms with Gasteiger partial charge < -0.3 is 0 Å². The van der Waals surface area contributed by atoms with E-state index in [2.05, 4.69) is 4.84 Å². The van der Waals surface area contributed by atoms with Crippen LogP contribution in [0.3, 0.4) is 0 Å². The summed E-state index contributed by atoms with van der Waals surface area (Å²) < 4.78 is 0. The molecule has 0 atom stereocenters. The molecule has 76 valence electrons. The maximum Gasteiger partial charge on any atom is 0.159 e. The monoisotopic (exact) mass is 197 g/mol. The molecule has 2 N–H and O–H groups in total. The first kappa shape index (κ1) is 10.8. The van der Waals surface area contributed by atoms with Gasteiger partial charge in [-0.25, -0.2) is 4.84 Å². The third-order valence-corrected chi connectivity index (χ3v) is 1.68. The van der Waals surface area contributed by atoms with E-state index in [1.54, 1.807) is 24.3 Å². The highest BCUT2D eigenvalue weighted by Gasteiger charge is 2.01. The summed E-state index contributed by atoms with van der Waals surface area (Å²) in [7, 11) is 0. The van der Waals surface area contributed by atoms with Gasteiger partial charge in [0.15, 0.2) is 5.78 Å². The number of ketones is 1. The van der Waals surface area contributed by atoms with Crippen LogP contribution in [0.1, 0.15) is 22.8 Å². The Hall–Kier alpha value is -1.27. The number of benzene rings is 1. The van der Waals surface area contributed by atoms with Crippen LogP contribution in [0.2, 0.25) is 0 Å². The van der Waals surface area contributed by atoms with Crippen molar-refractivity contribution in [2.75, 3.05) is 0 Å². The van der Waals surface area contributed by atoms with Gasteiger partial charge >= 0.3 is 0 Å². The Morgan fingerprint density at radius 1 is 1.50 bits per heavy atom. The Bertz CT molecular complexity index is 324. The standard InChI is InChI=1S/C9H11NO4/c1-7(11)9-4-2-3-8(5-9)6-14-10(12)13/h2-5,12-13H,6H2,1H3. The van der Waals surface area contributed by atoms with E-state index in [0.29, 0.717) is 11.1 Å². The molecule has 5 nitrogen and oxygen atoms in total. The predicted molar refractivity (Wildman–Crippen MR) is 46.6 cm³/mol. The summed E-state index contributed by atoms with van der Waals surface area (Å²) in [6.07, 6.45) is 0. The molecule has 0 fully saturated rings. The second kappa shape index (κ2) is 4.83. The minimum absolute atomic E-state index is 0.00583. The van der Waals surface area contributed by atoms with Crippen LogP contribution in [0.5, 0.6) is 0 Å². The molecule has 1 aromatic carbocycles. The maximum absolute atomic E-state index is 11.0. The van der Waals surface area contributed by atoms with E-state index in [0.717, 1.165) is 0 Å². The quantitative estimate of drug-likeness (QED) is 0.564. The lowest BCUT2D eigenvalue weighted by atomic mass is 10.1. The molecule has 1 rings (SSSR count). The highest BCUT2D eigenvalue weighted by Crippen LogP contribution is 2.07. The lowest BCUT2D eigenvalue weighted by Gasteiger charge is -2.06. The number of Topliss-reactive ketones (excluding diaryl/α,β-unsaturated/α-hetero) is 1.